The minimum atomic E-state index is -1.48. The molecule has 4 aromatic rings. The predicted octanol–water partition coefficient (Wildman–Crippen LogP) is 15.3. The van der Waals surface area contributed by atoms with Gasteiger partial charge < -0.3 is 67.5 Å². The van der Waals surface area contributed by atoms with Crippen molar-refractivity contribution < 1.29 is 137 Å². The number of Topliss-reactive ketones (excluding diaryl/α,β-unsaturated/α-hetero) is 8. The van der Waals surface area contributed by atoms with Crippen molar-refractivity contribution >= 4 is 117 Å². The molecule has 1 heterocycles. The largest absolute Gasteiger partial charge is 0.508 e. The number of aliphatic carboxylic acids is 9. The number of carbonyl (C=O) groups is 18. The van der Waals surface area contributed by atoms with E-state index in [-0.39, 0.29) is 84.7 Å². The molecule has 0 aliphatic carbocycles. The molecule has 15 N–H and O–H groups in total. The van der Waals surface area contributed by atoms with Gasteiger partial charge in [0, 0.05) is 77.3 Å². The molecule has 31 nitrogen and oxygen atoms in total. The van der Waals surface area contributed by atoms with E-state index in [1.807, 2.05) is 199 Å². The summed E-state index contributed by atoms with van der Waals surface area (Å²) < 4.78 is 0. The van der Waals surface area contributed by atoms with Gasteiger partial charge in [0.2, 0.25) is 52.2 Å². The normalized spacial score (nSPS) is 12.9. The Hall–Kier alpha value is -11.0. The zero-order valence-corrected chi connectivity index (χ0v) is 78.1. The van der Waals surface area contributed by atoms with Crippen LogP contribution in [0.4, 0.5) is 0 Å². The van der Waals surface area contributed by atoms with Gasteiger partial charge in [-0.05, 0) is 197 Å². The first-order chi connectivity index (χ1) is 58.8. The molecule has 3 aromatic carbocycles. The summed E-state index contributed by atoms with van der Waals surface area (Å²) >= 11 is 0. The number of hydrogen-bond donors (Lipinski definition) is 13. The third-order valence-corrected chi connectivity index (χ3v) is 20.0. The van der Waals surface area contributed by atoms with Crippen molar-refractivity contribution in [2.75, 3.05) is 6.54 Å². The van der Waals surface area contributed by atoms with Gasteiger partial charge in [-0.2, -0.15) is 0 Å². The van der Waals surface area contributed by atoms with Gasteiger partial charge >= 0.3 is 53.7 Å². The first-order valence-electron chi connectivity index (χ1n) is 43.6. The molecule has 0 aliphatic rings. The molecule has 0 fully saturated rings. The summed E-state index contributed by atoms with van der Waals surface area (Å²) in [6, 6.07) is 23.8. The lowest BCUT2D eigenvalue weighted by Gasteiger charge is -2.21. The molecule has 0 bridgehead atoms. The molecular formula is C96H147N3O28. The Morgan fingerprint density at radius 3 is 0.953 bits per heavy atom. The van der Waals surface area contributed by atoms with E-state index < -0.39 is 135 Å². The number of carbonyl (C=O) groups excluding carboxylic acids is 9. The van der Waals surface area contributed by atoms with Crippen LogP contribution in [0.5, 0.6) is 5.75 Å². The SMILES string of the molecule is CC(C)C[C@@H](CCC(=O)O)C(=O)C(=O)O.CC(C)C[C@@H](CCC(N)=O)C(=O)C(=O)O.CC(C)C[C@@H](CCCCN)C(=O)C(=O)O.CC(C)C[C@@H](Cc1c[nH]c2ccccc12)C(=O)C(=O)O.CC(C)C[C@@H](Cc1ccc(O)cc1)C(=O)C(=O)O.CC(C)C[C@@H](Cc1ccccc1)C(=O)C(=O)O.CC(C)C[C@H](C(=O)C(=O)O)C(C)C.CCC(C)[C@H](CC(C)C)C(=O)C(=O)O. The molecule has 714 valence electrons. The number of benzene rings is 3. The first-order valence-corrected chi connectivity index (χ1v) is 43.6. The van der Waals surface area contributed by atoms with Crippen molar-refractivity contribution in [3.8, 4) is 5.75 Å². The summed E-state index contributed by atoms with van der Waals surface area (Å²) in [6.07, 6.45) is 11.2. The fourth-order valence-electron chi connectivity index (χ4n) is 13.8. The van der Waals surface area contributed by atoms with Crippen LogP contribution in [-0.4, -0.2) is 168 Å². The van der Waals surface area contributed by atoms with E-state index in [1.54, 1.807) is 12.1 Å². The average Bonchev–Trinajstić information content (AvgIpc) is 1.69. The van der Waals surface area contributed by atoms with Gasteiger partial charge in [0.1, 0.15) is 5.75 Å². The molecule has 1 unspecified atom stereocenters. The van der Waals surface area contributed by atoms with E-state index in [0.717, 1.165) is 46.9 Å². The van der Waals surface area contributed by atoms with Crippen molar-refractivity contribution in [2.45, 2.75) is 260 Å². The number of ketones is 8. The molecule has 4 rings (SSSR count). The van der Waals surface area contributed by atoms with Crippen LogP contribution in [0.25, 0.3) is 10.9 Å². The number of hydrogen-bond acceptors (Lipinski definition) is 20. The van der Waals surface area contributed by atoms with E-state index in [0.29, 0.717) is 107 Å². The Labute approximate surface area is 748 Å². The Morgan fingerprint density at radius 1 is 0.331 bits per heavy atom. The lowest BCUT2D eigenvalue weighted by atomic mass is 9.82. The number of nitrogens with one attached hydrogen (secondary N) is 1. The highest BCUT2D eigenvalue weighted by molar-refractivity contribution is 6.36. The van der Waals surface area contributed by atoms with Crippen LogP contribution >= 0.6 is 0 Å². The van der Waals surface area contributed by atoms with E-state index in [9.17, 15) is 91.4 Å². The van der Waals surface area contributed by atoms with E-state index in [2.05, 4.69) is 4.98 Å². The number of nitrogens with two attached hydrogens (primary N) is 2. The van der Waals surface area contributed by atoms with Crippen LogP contribution in [0.3, 0.4) is 0 Å². The molecule has 9 atom stereocenters. The summed E-state index contributed by atoms with van der Waals surface area (Å²) in [5.74, 6) is -19.1. The number of aromatic amines is 1. The Bertz CT molecular complexity index is 4020. The molecular weight excluding hydrogens is 1640 g/mol. The number of H-pyrrole nitrogens is 1. The molecule has 0 aliphatic heterocycles. The number of aromatic nitrogens is 1. The second kappa shape index (κ2) is 66.4. The predicted molar refractivity (Wildman–Crippen MR) is 481 cm³/mol. The number of fused-ring (bicyclic) bond motifs is 1. The first kappa shape index (κ1) is 122. The molecule has 127 heavy (non-hydrogen) atoms. The van der Waals surface area contributed by atoms with Gasteiger partial charge in [-0.25, -0.2) is 38.4 Å². The van der Waals surface area contributed by atoms with Gasteiger partial charge in [0.25, 0.3) is 0 Å². The van der Waals surface area contributed by atoms with E-state index in [1.165, 1.54) is 12.1 Å². The van der Waals surface area contributed by atoms with Gasteiger partial charge in [0.05, 0.1) is 0 Å². The number of carboxylic acid groups (broad SMARTS) is 9. The average molecular weight is 1790 g/mol. The van der Waals surface area contributed by atoms with Gasteiger partial charge in [-0.15, -0.1) is 0 Å². The highest BCUT2D eigenvalue weighted by Gasteiger charge is 2.34. The third-order valence-electron chi connectivity index (χ3n) is 20.0. The Balaban J connectivity index is -0.000000683. The van der Waals surface area contributed by atoms with Crippen molar-refractivity contribution in [3.63, 3.8) is 0 Å². The summed E-state index contributed by atoms with van der Waals surface area (Å²) in [7, 11) is 0. The molecule has 1 aromatic heterocycles. The number of amides is 1. The van der Waals surface area contributed by atoms with Crippen LogP contribution in [0, 0.1) is 107 Å². The summed E-state index contributed by atoms with van der Waals surface area (Å²) in [6.45, 7) is 39.7. The Kier molecular flexibility index (Phi) is 64.0. The van der Waals surface area contributed by atoms with Crippen molar-refractivity contribution in [1.29, 1.82) is 0 Å². The maximum absolute atomic E-state index is 11.8. The van der Waals surface area contributed by atoms with E-state index in [4.69, 9.17) is 57.4 Å². The third kappa shape index (κ3) is 57.4. The lowest BCUT2D eigenvalue weighted by molar-refractivity contribution is -0.152. The van der Waals surface area contributed by atoms with Crippen molar-refractivity contribution in [1.82, 2.24) is 4.98 Å². The van der Waals surface area contributed by atoms with Crippen molar-refractivity contribution in [3.05, 3.63) is 102 Å². The number of phenolic OH excluding ortho intramolecular Hbond substituents is 1. The zero-order chi connectivity index (χ0) is 99.0. The topological polar surface area (TPSA) is 577 Å². The highest BCUT2D eigenvalue weighted by Crippen LogP contribution is 2.29. The second-order valence-electron chi connectivity index (χ2n) is 35.8. The number of rotatable bonds is 51. The van der Waals surface area contributed by atoms with Gasteiger partial charge in [-0.3, -0.25) is 47.9 Å². The van der Waals surface area contributed by atoms with E-state index >= 15 is 0 Å². The fraction of sp³-hybridized carbons (Fsp3) is 0.604. The molecule has 0 spiro atoms. The van der Waals surface area contributed by atoms with Crippen LogP contribution in [0.1, 0.15) is 258 Å². The number of carboxylic acids is 9. The zero-order valence-electron chi connectivity index (χ0n) is 78.1. The number of phenols is 1. The summed E-state index contributed by atoms with van der Waals surface area (Å²) in [4.78, 5) is 201. The van der Waals surface area contributed by atoms with Gasteiger partial charge in [0.15, 0.2) is 0 Å². The maximum atomic E-state index is 11.8. The summed E-state index contributed by atoms with van der Waals surface area (Å²) in [5, 5.41) is 88.2. The summed E-state index contributed by atoms with van der Waals surface area (Å²) in [5.41, 5.74) is 14.2. The van der Waals surface area contributed by atoms with Crippen molar-refractivity contribution in [2.24, 2.45) is 118 Å². The standard InChI is InChI=1S/C16H19NO3.C14H18O4.C14H18O3.C11H21NO3.C11H20O3.C10H17NO4.C10H16O5.C10H18O3/c1-10(2)7-11(15(18)16(19)20)8-12-9-17-14-6-4-3-5-13(12)14;1-9(2)7-11(13(16)14(17)18)8-10-3-5-12(15)6-4-10;1-10(2)8-12(13(15)14(16)17)9-11-6-4-3-5-7-11;1-8(2)7-9(5-3-4-6-12)10(13)11(14)15;1-5-8(4)9(6-7(2)3)10(12)11(13)14;2*1-6(2)5-7(3-4-8(11)12)9(13)10(14)15;1-6(2)5-8(7(3)4)9(11)10(12)13/h3-6,9-11,17H,7-8H2,1-2H3,(H,19,20);3-6,9,11,15H,7-8H2,1-2H3,(H,17,18);3-7,10,12H,8-9H2,1-2H3,(H,16,17);8-9H,3-7,12H2,1-2H3,(H,14,15);7-9H,5-6H2,1-4H3,(H,13,14);6-7H,3-5H2,1-2H3,(H2,11,12)(H,14,15);6-7H,3-5H2,1-2H3,(H,11,12)(H,14,15);6-8H,5H2,1-4H3,(H,12,13)/t2*11-;12-;9-;8?,9-;2*7-;8-/m00010110/s1. The number of para-hydroxylation sites is 1. The molecule has 0 saturated carbocycles. The molecule has 0 radical (unpaired) electrons. The number of unbranched alkanes of at least 4 members (excludes halogenated alkanes) is 1. The minimum Gasteiger partial charge on any atom is -0.508 e. The number of aromatic hydroxyl groups is 1. The minimum absolute atomic E-state index is 0.0520. The van der Waals surface area contributed by atoms with Crippen LogP contribution in [0.15, 0.2) is 85.1 Å². The smallest absolute Gasteiger partial charge is 0.372 e. The molecule has 1 amide bonds. The molecule has 0 saturated heterocycles. The molecule has 31 heteroatoms. The quantitative estimate of drug-likeness (QED) is 0.0144. The monoisotopic (exact) mass is 1790 g/mol. The number of primary amides is 1. The second-order valence-corrected chi connectivity index (χ2v) is 35.8. The fourth-order valence-corrected chi connectivity index (χ4v) is 13.8. The highest BCUT2D eigenvalue weighted by atomic mass is 16.4. The maximum Gasteiger partial charge on any atom is 0.372 e. The van der Waals surface area contributed by atoms with Gasteiger partial charge in [-0.1, -0.05) is 212 Å². The lowest BCUT2D eigenvalue weighted by Crippen LogP contribution is -2.29. The van der Waals surface area contributed by atoms with Crippen LogP contribution < -0.4 is 11.5 Å². The van der Waals surface area contributed by atoms with Crippen LogP contribution in [-0.2, 0) is 106 Å². The van der Waals surface area contributed by atoms with Crippen LogP contribution in [0.2, 0.25) is 0 Å². The Morgan fingerprint density at radius 2 is 0.630 bits per heavy atom.